The third-order valence-electron chi connectivity index (χ3n) is 10.7. The van der Waals surface area contributed by atoms with E-state index in [0.717, 1.165) is 50.4 Å². The minimum Gasteiger partial charge on any atom is -0.340 e. The summed E-state index contributed by atoms with van der Waals surface area (Å²) in [5.41, 5.74) is 5.53. The topological polar surface area (TPSA) is 71.4 Å². The van der Waals surface area contributed by atoms with Crippen molar-refractivity contribution in [2.24, 2.45) is 17.8 Å². The largest absolute Gasteiger partial charge is 0.340 e. The van der Waals surface area contributed by atoms with Crippen LogP contribution in [-0.4, -0.2) is 22.4 Å². The number of hydrogen-bond donors (Lipinski definition) is 1. The molecule has 222 valence electrons. The van der Waals surface area contributed by atoms with Crippen molar-refractivity contribution in [1.29, 1.82) is 0 Å². The summed E-state index contributed by atoms with van der Waals surface area (Å²) in [6, 6.07) is 22.9. The zero-order valence-corrected chi connectivity index (χ0v) is 25.4. The highest BCUT2D eigenvalue weighted by Crippen LogP contribution is 2.60. The van der Waals surface area contributed by atoms with E-state index in [1.165, 1.54) is 44.1 Å². The molecule has 9 rings (SSSR count). The number of anilines is 1. The number of hydrogen-bond acceptors (Lipinski definition) is 3. The van der Waals surface area contributed by atoms with Gasteiger partial charge in [-0.2, -0.15) is 0 Å². The first-order valence-corrected chi connectivity index (χ1v) is 16.0. The van der Waals surface area contributed by atoms with Crippen LogP contribution in [0, 0.1) is 24.7 Å². The molecule has 6 nitrogen and oxygen atoms in total. The summed E-state index contributed by atoms with van der Waals surface area (Å²) in [6.07, 6.45) is 9.48. The average molecular weight is 604 g/mol. The van der Waals surface area contributed by atoms with E-state index < -0.39 is 17.8 Å². The number of halogens is 1. The first-order chi connectivity index (χ1) is 21.3. The third kappa shape index (κ3) is 4.34. The summed E-state index contributed by atoms with van der Waals surface area (Å²) < 4.78 is 2.14. The number of para-hydroxylation sites is 1. The first kappa shape index (κ1) is 27.4. The number of urea groups is 1. The first-order valence-electron chi connectivity index (χ1n) is 15.6. The number of rotatable bonds is 5. The lowest BCUT2D eigenvalue weighted by Crippen LogP contribution is -2.54. The Morgan fingerprint density at radius 2 is 1.50 bits per heavy atom. The van der Waals surface area contributed by atoms with Crippen LogP contribution in [0.15, 0.2) is 78.4 Å². The average Bonchev–Trinajstić information content (AvgIpc) is 3.26. The van der Waals surface area contributed by atoms with Crippen LogP contribution in [0.1, 0.15) is 60.9 Å². The third-order valence-corrected chi connectivity index (χ3v) is 11.1. The molecule has 7 heteroatoms. The molecule has 1 N–H and O–H groups in total. The lowest BCUT2D eigenvalue weighted by molar-refractivity contribution is -0.122. The van der Waals surface area contributed by atoms with Crippen molar-refractivity contribution in [3.8, 4) is 0 Å². The number of nitrogens with zero attached hydrogens (tertiary/aromatic N) is 2. The molecule has 3 aromatic carbocycles. The molecular weight excluding hydrogens is 570 g/mol. The van der Waals surface area contributed by atoms with E-state index in [-0.39, 0.29) is 11.0 Å². The Morgan fingerprint density at radius 1 is 0.864 bits per heavy atom. The SMILES string of the molecule is Cc1c(/C=C2\C(=O)NC(=O)N(c3ccc(C45CC6CC(CC(C6)C4)C5)cc3)C2=O)c2ccccc2n1Cc1ccccc1Cl. The molecule has 0 spiro atoms. The highest BCUT2D eigenvalue weighted by molar-refractivity contribution is 6.39. The summed E-state index contributed by atoms with van der Waals surface area (Å²) in [7, 11) is 0. The number of barbiturate groups is 1. The van der Waals surface area contributed by atoms with Gasteiger partial charge in [-0.1, -0.05) is 60.1 Å². The van der Waals surface area contributed by atoms with E-state index in [1.807, 2.05) is 67.6 Å². The van der Waals surface area contributed by atoms with Gasteiger partial charge in [-0.05, 0) is 110 Å². The molecule has 4 saturated carbocycles. The number of fused-ring (bicyclic) bond motifs is 1. The van der Waals surface area contributed by atoms with E-state index >= 15 is 0 Å². The van der Waals surface area contributed by atoms with Crippen molar-refractivity contribution in [2.45, 2.75) is 57.4 Å². The summed E-state index contributed by atoms with van der Waals surface area (Å²) >= 11 is 6.49. The predicted molar refractivity (Wildman–Crippen MR) is 173 cm³/mol. The van der Waals surface area contributed by atoms with Crippen LogP contribution in [0.2, 0.25) is 5.02 Å². The Kier molecular flexibility index (Phi) is 6.35. The molecule has 44 heavy (non-hydrogen) atoms. The van der Waals surface area contributed by atoms with E-state index in [1.54, 1.807) is 6.08 Å². The van der Waals surface area contributed by atoms with E-state index in [2.05, 4.69) is 22.0 Å². The molecule has 5 aliphatic rings. The molecule has 2 heterocycles. The summed E-state index contributed by atoms with van der Waals surface area (Å²) in [5.74, 6) is 1.17. The number of aromatic nitrogens is 1. The van der Waals surface area contributed by atoms with Crippen molar-refractivity contribution < 1.29 is 14.4 Å². The maximum Gasteiger partial charge on any atom is 0.335 e. The Hall–Kier alpha value is -4.16. The molecular formula is C37H34ClN3O3. The van der Waals surface area contributed by atoms with Gasteiger partial charge in [-0.15, -0.1) is 0 Å². The maximum atomic E-state index is 13.9. The Balaban J connectivity index is 1.13. The fraction of sp³-hybridized carbons (Fsp3) is 0.324. The second kappa shape index (κ2) is 10.2. The van der Waals surface area contributed by atoms with Crippen molar-refractivity contribution in [1.82, 2.24) is 9.88 Å². The lowest BCUT2D eigenvalue weighted by Gasteiger charge is -2.57. The van der Waals surface area contributed by atoms with Crippen molar-refractivity contribution in [2.75, 3.05) is 4.90 Å². The van der Waals surface area contributed by atoms with Crippen LogP contribution in [0.4, 0.5) is 10.5 Å². The quantitative estimate of drug-likeness (QED) is 0.187. The van der Waals surface area contributed by atoms with Crippen LogP contribution >= 0.6 is 11.6 Å². The molecule has 1 saturated heterocycles. The fourth-order valence-corrected chi connectivity index (χ4v) is 9.30. The van der Waals surface area contributed by atoms with Crippen molar-refractivity contribution in [3.63, 3.8) is 0 Å². The van der Waals surface area contributed by atoms with Gasteiger partial charge in [0.2, 0.25) is 0 Å². The minimum atomic E-state index is -0.724. The molecule has 4 bridgehead atoms. The monoisotopic (exact) mass is 603 g/mol. The van der Waals surface area contributed by atoms with E-state index in [4.69, 9.17) is 11.6 Å². The smallest absolute Gasteiger partial charge is 0.335 e. The lowest BCUT2D eigenvalue weighted by atomic mass is 9.48. The molecule has 0 radical (unpaired) electrons. The van der Waals surface area contributed by atoms with Crippen LogP contribution in [0.5, 0.6) is 0 Å². The van der Waals surface area contributed by atoms with Crippen molar-refractivity contribution in [3.05, 3.63) is 106 Å². The van der Waals surface area contributed by atoms with E-state index in [0.29, 0.717) is 17.3 Å². The molecule has 0 atom stereocenters. The second-order valence-electron chi connectivity index (χ2n) is 13.4. The maximum absolute atomic E-state index is 13.9. The van der Waals surface area contributed by atoms with Crippen LogP contribution in [0.3, 0.4) is 0 Å². The van der Waals surface area contributed by atoms with Crippen LogP contribution < -0.4 is 10.2 Å². The molecule has 0 unspecified atom stereocenters. The van der Waals surface area contributed by atoms with E-state index in [9.17, 15) is 14.4 Å². The van der Waals surface area contributed by atoms with Gasteiger partial charge in [0.25, 0.3) is 11.8 Å². The molecule has 4 amide bonds. The molecule has 4 aromatic rings. The summed E-state index contributed by atoms with van der Waals surface area (Å²) in [4.78, 5) is 41.2. The highest BCUT2D eigenvalue weighted by Gasteiger charge is 2.51. The second-order valence-corrected chi connectivity index (χ2v) is 13.8. The predicted octanol–water partition coefficient (Wildman–Crippen LogP) is 7.79. The number of imide groups is 2. The summed E-state index contributed by atoms with van der Waals surface area (Å²) in [5, 5.41) is 3.99. The number of carbonyl (C=O) groups is 3. The van der Waals surface area contributed by atoms with Crippen LogP contribution in [-0.2, 0) is 21.5 Å². The minimum absolute atomic E-state index is 0.0708. The Bertz CT molecular complexity index is 1850. The highest BCUT2D eigenvalue weighted by atomic mass is 35.5. The normalized spacial score (nSPS) is 27.0. The molecule has 4 aliphatic carbocycles. The number of benzene rings is 3. The van der Waals surface area contributed by atoms with Crippen LogP contribution in [0.25, 0.3) is 17.0 Å². The molecule has 1 aliphatic heterocycles. The summed E-state index contributed by atoms with van der Waals surface area (Å²) in [6.45, 7) is 2.51. The van der Waals surface area contributed by atoms with Gasteiger partial charge in [0.05, 0.1) is 5.69 Å². The van der Waals surface area contributed by atoms with Gasteiger partial charge in [0, 0.05) is 33.7 Å². The zero-order chi connectivity index (χ0) is 30.2. The van der Waals surface area contributed by atoms with Gasteiger partial charge in [-0.3, -0.25) is 14.9 Å². The Labute approximate surface area is 261 Å². The zero-order valence-electron chi connectivity index (χ0n) is 24.7. The van der Waals surface area contributed by atoms with Gasteiger partial charge in [0.15, 0.2) is 0 Å². The van der Waals surface area contributed by atoms with Gasteiger partial charge < -0.3 is 4.57 Å². The van der Waals surface area contributed by atoms with Crippen molar-refractivity contribution >= 4 is 52.1 Å². The van der Waals surface area contributed by atoms with Gasteiger partial charge in [-0.25, -0.2) is 9.69 Å². The van der Waals surface area contributed by atoms with Gasteiger partial charge >= 0.3 is 6.03 Å². The number of nitrogens with one attached hydrogen (secondary N) is 1. The number of carbonyl (C=O) groups excluding carboxylic acids is 3. The molecule has 1 aromatic heterocycles. The van der Waals surface area contributed by atoms with Gasteiger partial charge in [0.1, 0.15) is 5.57 Å². The standard InChI is InChI=1S/C37H34ClN3O3/c1-22-30(29-7-3-5-9-33(29)40(22)21-26-6-2-4-8-32(26)38)17-31-34(42)39-36(44)41(35(31)43)28-12-10-27(11-13-28)37-18-23-14-24(19-37)16-25(15-23)20-37/h2-13,17,23-25H,14-16,18-21H2,1H3,(H,39,42,44)/b31-17+. The number of amides is 4. The Morgan fingerprint density at radius 3 is 2.18 bits per heavy atom. The fourth-order valence-electron chi connectivity index (χ4n) is 9.11. The molecule has 5 fully saturated rings.